The molecule has 0 spiro atoms. The number of nitrogens with one attached hydrogen (secondary N) is 1. The molecule has 1 saturated heterocycles. The van der Waals surface area contributed by atoms with E-state index in [2.05, 4.69) is 18.3 Å². The molecule has 4 nitrogen and oxygen atoms in total. The molecule has 108 valence electrons. The molecule has 1 fully saturated rings. The summed E-state index contributed by atoms with van der Waals surface area (Å²) in [5.74, 6) is 1.58. The molecule has 0 bridgehead atoms. The number of morpholine rings is 1. The van der Waals surface area contributed by atoms with Crippen LogP contribution in [0, 0.1) is 11.3 Å². The second-order valence-corrected chi connectivity index (χ2v) is 6.02. The van der Waals surface area contributed by atoms with E-state index in [1.54, 1.807) is 11.8 Å². The van der Waals surface area contributed by atoms with Crippen molar-refractivity contribution in [3.8, 4) is 11.8 Å². The third kappa shape index (κ3) is 3.89. The first kappa shape index (κ1) is 15.2. The minimum Gasteiger partial charge on any atom is -0.489 e. The first-order valence-corrected chi connectivity index (χ1v) is 7.88. The van der Waals surface area contributed by atoms with Gasteiger partial charge in [-0.05, 0) is 24.8 Å². The molecule has 2 unspecified atom stereocenters. The third-order valence-corrected chi connectivity index (χ3v) is 3.99. The lowest BCUT2D eigenvalue weighted by Crippen LogP contribution is -2.45. The first-order valence-electron chi connectivity index (χ1n) is 6.89. The summed E-state index contributed by atoms with van der Waals surface area (Å²) in [5, 5.41) is 12.6. The summed E-state index contributed by atoms with van der Waals surface area (Å²) in [7, 11) is 0. The van der Waals surface area contributed by atoms with Crippen molar-refractivity contribution in [1.82, 2.24) is 5.32 Å². The van der Waals surface area contributed by atoms with Crippen molar-refractivity contribution in [2.75, 3.05) is 25.4 Å². The summed E-state index contributed by atoms with van der Waals surface area (Å²) in [5.41, 5.74) is 0.621. The number of nitriles is 1. The Kier molecular flexibility index (Phi) is 5.72. The summed E-state index contributed by atoms with van der Waals surface area (Å²) < 4.78 is 11.6. The van der Waals surface area contributed by atoms with Gasteiger partial charge in [0.05, 0.1) is 6.10 Å². The summed E-state index contributed by atoms with van der Waals surface area (Å²) >= 11 is 1.66. The molecule has 1 aliphatic heterocycles. The van der Waals surface area contributed by atoms with Gasteiger partial charge < -0.3 is 14.8 Å². The molecular weight excluding hydrogens is 272 g/mol. The molecule has 20 heavy (non-hydrogen) atoms. The Bertz CT molecular complexity index is 487. The largest absolute Gasteiger partial charge is 0.489 e. The quantitative estimate of drug-likeness (QED) is 0.845. The van der Waals surface area contributed by atoms with E-state index in [0.29, 0.717) is 17.9 Å². The summed E-state index contributed by atoms with van der Waals surface area (Å²) in [6.07, 6.45) is 0.238. The van der Waals surface area contributed by atoms with Crippen molar-refractivity contribution in [2.45, 2.75) is 31.0 Å². The highest BCUT2D eigenvalue weighted by Gasteiger charge is 2.20. The molecule has 1 aromatic carbocycles. The molecule has 1 heterocycles. The van der Waals surface area contributed by atoms with E-state index in [1.165, 1.54) is 0 Å². The predicted molar refractivity (Wildman–Crippen MR) is 80.3 cm³/mol. The summed E-state index contributed by atoms with van der Waals surface area (Å²) in [6, 6.07) is 7.97. The summed E-state index contributed by atoms with van der Waals surface area (Å²) in [6.45, 7) is 6.24. The highest BCUT2D eigenvalue weighted by atomic mass is 32.2. The molecule has 2 atom stereocenters. The van der Waals surface area contributed by atoms with Crippen LogP contribution in [-0.4, -0.2) is 37.7 Å². The van der Waals surface area contributed by atoms with Gasteiger partial charge in [0.2, 0.25) is 0 Å². The van der Waals surface area contributed by atoms with E-state index in [4.69, 9.17) is 9.47 Å². The predicted octanol–water partition coefficient (Wildman–Crippen LogP) is 2.43. The van der Waals surface area contributed by atoms with Crippen LogP contribution < -0.4 is 10.1 Å². The van der Waals surface area contributed by atoms with Gasteiger partial charge in [0.1, 0.15) is 30.1 Å². The number of nitrogens with zero attached hydrogens (tertiary/aromatic N) is 1. The molecule has 0 aromatic heterocycles. The molecule has 5 heteroatoms. The number of thioether (sulfide) groups is 1. The molecule has 1 aromatic rings. The Morgan fingerprint density at radius 3 is 3.05 bits per heavy atom. The van der Waals surface area contributed by atoms with Gasteiger partial charge in [-0.15, -0.1) is 11.8 Å². The average molecular weight is 292 g/mol. The van der Waals surface area contributed by atoms with Crippen molar-refractivity contribution in [3.63, 3.8) is 0 Å². The topological polar surface area (TPSA) is 54.3 Å². The normalized spacial score (nSPS) is 22.2. The Hall–Kier alpha value is -1.22. The average Bonchev–Trinajstić information content (AvgIpc) is 2.45. The Morgan fingerprint density at radius 2 is 2.35 bits per heavy atom. The number of rotatable bonds is 5. The monoisotopic (exact) mass is 292 g/mol. The highest BCUT2D eigenvalue weighted by Crippen LogP contribution is 2.29. The van der Waals surface area contributed by atoms with Crippen LogP contribution in [0.3, 0.4) is 0 Å². The fraction of sp³-hybridized carbons (Fsp3) is 0.533. The first-order chi connectivity index (χ1) is 9.74. The van der Waals surface area contributed by atoms with Crippen molar-refractivity contribution >= 4 is 11.8 Å². The van der Waals surface area contributed by atoms with Crippen LogP contribution in [0.1, 0.15) is 19.4 Å². The van der Waals surface area contributed by atoms with Crippen LogP contribution >= 0.6 is 11.8 Å². The third-order valence-electron chi connectivity index (χ3n) is 3.05. The minimum absolute atomic E-state index is 0.0350. The van der Waals surface area contributed by atoms with E-state index >= 15 is 0 Å². The molecule has 0 amide bonds. The molecule has 0 aliphatic carbocycles. The molecule has 1 aliphatic rings. The van der Waals surface area contributed by atoms with Gasteiger partial charge in [0, 0.05) is 18.0 Å². The molecular formula is C15H20N2O2S. The van der Waals surface area contributed by atoms with Crippen molar-refractivity contribution in [1.29, 1.82) is 5.26 Å². The smallest absolute Gasteiger partial charge is 0.138 e. The van der Waals surface area contributed by atoms with Crippen molar-refractivity contribution in [3.05, 3.63) is 23.8 Å². The van der Waals surface area contributed by atoms with Gasteiger partial charge in [0.15, 0.2) is 0 Å². The molecule has 0 radical (unpaired) electrons. The maximum absolute atomic E-state index is 9.32. The lowest BCUT2D eigenvalue weighted by atomic mass is 10.2. The van der Waals surface area contributed by atoms with Gasteiger partial charge in [-0.2, -0.15) is 5.26 Å². The van der Waals surface area contributed by atoms with Gasteiger partial charge in [0.25, 0.3) is 0 Å². The maximum atomic E-state index is 9.32. The highest BCUT2D eigenvalue weighted by molar-refractivity contribution is 7.99. The van der Waals surface area contributed by atoms with E-state index in [1.807, 2.05) is 25.1 Å². The zero-order valence-corrected chi connectivity index (χ0v) is 12.7. The Morgan fingerprint density at radius 1 is 1.50 bits per heavy atom. The zero-order chi connectivity index (χ0) is 14.4. The van der Waals surface area contributed by atoms with Crippen LogP contribution in [0.2, 0.25) is 0 Å². The van der Waals surface area contributed by atoms with E-state index in [0.717, 1.165) is 23.7 Å². The number of ether oxygens (including phenoxy) is 2. The maximum Gasteiger partial charge on any atom is 0.138 e. The Balaban J connectivity index is 2.02. The Labute approximate surface area is 124 Å². The van der Waals surface area contributed by atoms with Crippen molar-refractivity contribution in [2.24, 2.45) is 0 Å². The van der Waals surface area contributed by atoms with Crippen LogP contribution in [0.5, 0.6) is 5.75 Å². The summed E-state index contributed by atoms with van der Waals surface area (Å²) in [4.78, 5) is 0.976. The number of hydrogen-bond acceptors (Lipinski definition) is 5. The van der Waals surface area contributed by atoms with Crippen LogP contribution in [0.25, 0.3) is 0 Å². The lowest BCUT2D eigenvalue weighted by molar-refractivity contribution is -0.0471. The molecule has 0 saturated carbocycles. The standard InChI is InChI=1S/C15H20N2O2S/c1-3-20-15-6-4-5-14(13(15)7-16)18-10-12-9-17-8-11(2)19-12/h4-6,11-12,17H,3,8-10H2,1-2H3. The van der Waals surface area contributed by atoms with Crippen LogP contribution in [0.15, 0.2) is 23.1 Å². The van der Waals surface area contributed by atoms with Gasteiger partial charge in [-0.3, -0.25) is 0 Å². The number of benzene rings is 1. The van der Waals surface area contributed by atoms with Crippen LogP contribution in [0.4, 0.5) is 0 Å². The van der Waals surface area contributed by atoms with E-state index < -0.39 is 0 Å². The van der Waals surface area contributed by atoms with Crippen molar-refractivity contribution < 1.29 is 9.47 Å². The lowest BCUT2D eigenvalue weighted by Gasteiger charge is -2.28. The molecule has 1 N–H and O–H groups in total. The molecule has 2 rings (SSSR count). The van der Waals surface area contributed by atoms with Gasteiger partial charge in [-0.1, -0.05) is 13.0 Å². The number of hydrogen-bond donors (Lipinski definition) is 1. The van der Waals surface area contributed by atoms with Crippen LogP contribution in [-0.2, 0) is 4.74 Å². The van der Waals surface area contributed by atoms with E-state index in [-0.39, 0.29) is 12.2 Å². The van der Waals surface area contributed by atoms with Gasteiger partial charge in [-0.25, -0.2) is 0 Å². The SMILES string of the molecule is CCSc1cccc(OCC2CNCC(C)O2)c1C#N. The van der Waals surface area contributed by atoms with Gasteiger partial charge >= 0.3 is 0 Å². The fourth-order valence-electron chi connectivity index (χ4n) is 2.17. The zero-order valence-electron chi connectivity index (χ0n) is 11.9. The van der Waals surface area contributed by atoms with E-state index in [9.17, 15) is 5.26 Å². The second-order valence-electron chi connectivity index (χ2n) is 4.71. The second kappa shape index (κ2) is 7.53. The minimum atomic E-state index is 0.0350. The fourth-order valence-corrected chi connectivity index (χ4v) is 2.95.